The largest absolute Gasteiger partial charge is 0.490 e. The Kier molecular flexibility index (Phi) is 3.29. The second-order valence-corrected chi connectivity index (χ2v) is 6.47. The molecule has 2 aliphatic carbocycles. The molecule has 0 unspecified atom stereocenters. The van der Waals surface area contributed by atoms with E-state index in [0.29, 0.717) is 12.8 Å². The first-order valence-corrected chi connectivity index (χ1v) is 7.61. The summed E-state index contributed by atoms with van der Waals surface area (Å²) >= 11 is 3.45. The summed E-state index contributed by atoms with van der Waals surface area (Å²) in [6.45, 7) is 0. The Bertz CT molecular complexity index is 502. The van der Waals surface area contributed by atoms with Crippen LogP contribution < -0.4 is 4.74 Å². The van der Waals surface area contributed by atoms with Crippen LogP contribution in [-0.2, 0) is 10.2 Å². The molecule has 1 N–H and O–H groups in total. The molecule has 4 heteroatoms. The van der Waals surface area contributed by atoms with Gasteiger partial charge in [-0.05, 0) is 43.9 Å². The molecular weight excluding hydrogens is 308 g/mol. The molecule has 3 nitrogen and oxygen atoms in total. The van der Waals surface area contributed by atoms with Gasteiger partial charge in [0.2, 0.25) is 0 Å². The van der Waals surface area contributed by atoms with Crippen LogP contribution in [0.5, 0.6) is 5.75 Å². The zero-order valence-electron chi connectivity index (χ0n) is 10.7. The maximum Gasteiger partial charge on any atom is 0.314 e. The number of benzene rings is 1. The predicted octanol–water partition coefficient (Wildman–Crippen LogP) is 3.89. The molecule has 2 saturated carbocycles. The number of carboxylic acids is 1. The van der Waals surface area contributed by atoms with Gasteiger partial charge < -0.3 is 9.84 Å². The first kappa shape index (κ1) is 13.0. The Morgan fingerprint density at radius 3 is 2.58 bits per heavy atom. The quantitative estimate of drug-likeness (QED) is 0.914. The van der Waals surface area contributed by atoms with Crippen LogP contribution in [0.25, 0.3) is 0 Å². The van der Waals surface area contributed by atoms with E-state index in [1.165, 1.54) is 0 Å². The summed E-state index contributed by atoms with van der Waals surface area (Å²) in [6, 6.07) is 5.75. The van der Waals surface area contributed by atoms with Crippen LogP contribution in [0.4, 0.5) is 0 Å². The molecule has 0 aliphatic heterocycles. The number of halogens is 1. The van der Waals surface area contributed by atoms with E-state index in [1.807, 2.05) is 18.2 Å². The number of aliphatic carboxylic acids is 1. The number of carbonyl (C=O) groups is 1. The Hall–Kier alpha value is -1.03. The first-order valence-electron chi connectivity index (χ1n) is 6.82. The zero-order valence-corrected chi connectivity index (χ0v) is 12.3. The summed E-state index contributed by atoms with van der Waals surface area (Å²) in [7, 11) is 0. The van der Waals surface area contributed by atoms with Gasteiger partial charge in [-0.1, -0.05) is 28.8 Å². The molecule has 1 aromatic carbocycles. The summed E-state index contributed by atoms with van der Waals surface area (Å²) in [5.74, 6) is 0.0405. The van der Waals surface area contributed by atoms with Crippen molar-refractivity contribution >= 4 is 21.9 Å². The van der Waals surface area contributed by atoms with Gasteiger partial charge in [-0.25, -0.2) is 0 Å². The fraction of sp³-hybridized carbons (Fsp3) is 0.533. The molecule has 102 valence electrons. The zero-order chi connectivity index (χ0) is 13.5. The summed E-state index contributed by atoms with van der Waals surface area (Å²) in [6.07, 6.45) is 5.81. The molecule has 0 saturated heterocycles. The Labute approximate surface area is 121 Å². The van der Waals surface area contributed by atoms with Crippen molar-refractivity contribution in [3.8, 4) is 5.75 Å². The van der Waals surface area contributed by atoms with Gasteiger partial charge in [0.25, 0.3) is 0 Å². The summed E-state index contributed by atoms with van der Waals surface area (Å²) in [5, 5.41) is 9.71. The lowest BCUT2D eigenvalue weighted by atomic mass is 9.78. The lowest BCUT2D eigenvalue weighted by Crippen LogP contribution is -2.33. The third-order valence-electron chi connectivity index (χ3n) is 4.14. The molecule has 1 aromatic rings. The van der Waals surface area contributed by atoms with E-state index in [-0.39, 0.29) is 6.10 Å². The highest BCUT2D eigenvalue weighted by molar-refractivity contribution is 9.10. The average Bonchev–Trinajstić information content (AvgIpc) is 3.05. The van der Waals surface area contributed by atoms with E-state index < -0.39 is 11.4 Å². The molecule has 2 aliphatic rings. The smallest absolute Gasteiger partial charge is 0.314 e. The normalized spacial score (nSPS) is 21.3. The van der Waals surface area contributed by atoms with Crippen LogP contribution in [0.1, 0.15) is 44.1 Å². The highest BCUT2D eigenvalue weighted by atomic mass is 79.9. The minimum absolute atomic E-state index is 0.284. The van der Waals surface area contributed by atoms with E-state index >= 15 is 0 Å². The minimum Gasteiger partial charge on any atom is -0.490 e. The van der Waals surface area contributed by atoms with E-state index in [4.69, 9.17) is 4.74 Å². The maximum absolute atomic E-state index is 11.8. The van der Waals surface area contributed by atoms with Crippen LogP contribution in [0, 0.1) is 0 Å². The molecule has 2 fully saturated rings. The Morgan fingerprint density at radius 1 is 1.32 bits per heavy atom. The lowest BCUT2D eigenvalue weighted by molar-refractivity contribution is -0.143. The number of hydrogen-bond acceptors (Lipinski definition) is 2. The second-order valence-electron chi connectivity index (χ2n) is 5.55. The van der Waals surface area contributed by atoms with Crippen molar-refractivity contribution < 1.29 is 14.6 Å². The molecule has 0 radical (unpaired) electrons. The fourth-order valence-electron chi connectivity index (χ4n) is 2.92. The Balaban J connectivity index is 2.05. The highest BCUT2D eigenvalue weighted by Gasteiger charge is 2.45. The van der Waals surface area contributed by atoms with Gasteiger partial charge in [0.1, 0.15) is 5.75 Å². The predicted molar refractivity (Wildman–Crippen MR) is 75.6 cm³/mol. The van der Waals surface area contributed by atoms with Crippen molar-refractivity contribution in [2.75, 3.05) is 0 Å². The standard InChI is InChI=1S/C15H17BrO3/c16-10-3-6-13(19-11-4-5-11)12(9-10)15(14(17)18)7-1-2-8-15/h3,6,9,11H,1-2,4-5,7-8H2,(H,17,18). The van der Waals surface area contributed by atoms with E-state index in [2.05, 4.69) is 15.9 Å². The highest BCUT2D eigenvalue weighted by Crippen LogP contribution is 2.46. The van der Waals surface area contributed by atoms with E-state index in [9.17, 15) is 9.90 Å². The molecule has 0 heterocycles. The monoisotopic (exact) mass is 324 g/mol. The van der Waals surface area contributed by atoms with Crippen molar-refractivity contribution in [3.63, 3.8) is 0 Å². The molecule has 0 amide bonds. The SMILES string of the molecule is O=C(O)C1(c2cc(Br)ccc2OC2CC2)CCCC1. The molecule has 0 atom stereocenters. The van der Waals surface area contributed by atoms with Crippen molar-refractivity contribution in [2.45, 2.75) is 50.0 Å². The maximum atomic E-state index is 11.8. The fourth-order valence-corrected chi connectivity index (χ4v) is 3.28. The number of rotatable bonds is 4. The van der Waals surface area contributed by atoms with Gasteiger partial charge in [0.05, 0.1) is 11.5 Å². The molecule has 0 spiro atoms. The van der Waals surface area contributed by atoms with Gasteiger partial charge in [-0.3, -0.25) is 4.79 Å². The van der Waals surface area contributed by atoms with Crippen molar-refractivity contribution in [2.24, 2.45) is 0 Å². The number of carboxylic acid groups (broad SMARTS) is 1. The summed E-state index contributed by atoms with van der Waals surface area (Å²) < 4.78 is 6.83. The van der Waals surface area contributed by atoms with Gasteiger partial charge in [0, 0.05) is 10.0 Å². The summed E-state index contributed by atoms with van der Waals surface area (Å²) in [4.78, 5) is 11.8. The third kappa shape index (κ3) is 2.38. The van der Waals surface area contributed by atoms with Crippen molar-refractivity contribution in [1.29, 1.82) is 0 Å². The molecule has 3 rings (SSSR count). The average molecular weight is 325 g/mol. The first-order chi connectivity index (χ1) is 9.12. The lowest BCUT2D eigenvalue weighted by Gasteiger charge is -2.27. The van der Waals surface area contributed by atoms with Crippen LogP contribution >= 0.6 is 15.9 Å². The van der Waals surface area contributed by atoms with Crippen LogP contribution in [0.15, 0.2) is 22.7 Å². The number of hydrogen-bond donors (Lipinski definition) is 1. The van der Waals surface area contributed by atoms with Crippen LogP contribution in [0.2, 0.25) is 0 Å². The van der Waals surface area contributed by atoms with Crippen LogP contribution in [0.3, 0.4) is 0 Å². The second kappa shape index (κ2) is 4.82. The van der Waals surface area contributed by atoms with E-state index in [1.54, 1.807) is 0 Å². The minimum atomic E-state index is -0.756. The van der Waals surface area contributed by atoms with Crippen LogP contribution in [-0.4, -0.2) is 17.2 Å². The van der Waals surface area contributed by atoms with Gasteiger partial charge in [-0.2, -0.15) is 0 Å². The topological polar surface area (TPSA) is 46.5 Å². The van der Waals surface area contributed by atoms with Gasteiger partial charge in [0.15, 0.2) is 0 Å². The third-order valence-corrected chi connectivity index (χ3v) is 4.63. The van der Waals surface area contributed by atoms with Crippen molar-refractivity contribution in [3.05, 3.63) is 28.2 Å². The molecular formula is C15H17BrO3. The van der Waals surface area contributed by atoms with Gasteiger partial charge >= 0.3 is 5.97 Å². The van der Waals surface area contributed by atoms with Crippen molar-refractivity contribution in [1.82, 2.24) is 0 Å². The van der Waals surface area contributed by atoms with E-state index in [0.717, 1.165) is 41.5 Å². The molecule has 0 aromatic heterocycles. The number of ether oxygens (including phenoxy) is 1. The van der Waals surface area contributed by atoms with Gasteiger partial charge in [-0.15, -0.1) is 0 Å². The Morgan fingerprint density at radius 2 is 2.00 bits per heavy atom. The summed E-state index contributed by atoms with van der Waals surface area (Å²) in [5.41, 5.74) is 0.0901. The molecule has 19 heavy (non-hydrogen) atoms. The molecule has 0 bridgehead atoms.